The van der Waals surface area contributed by atoms with E-state index in [1.165, 1.54) is 7.11 Å². The molecule has 0 fully saturated rings. The Bertz CT molecular complexity index is 508. The summed E-state index contributed by atoms with van der Waals surface area (Å²) in [6.07, 6.45) is 1.04. The highest BCUT2D eigenvalue weighted by Crippen LogP contribution is 2.22. The monoisotopic (exact) mass is 314 g/mol. The van der Waals surface area contributed by atoms with Crippen molar-refractivity contribution in [3.8, 4) is 5.75 Å². The van der Waals surface area contributed by atoms with Crippen LogP contribution in [0.25, 0.3) is 0 Å². The zero-order valence-electron chi connectivity index (χ0n) is 12.0. The molecule has 0 saturated carbocycles. The Hall–Kier alpha value is -1.95. The van der Waals surface area contributed by atoms with Crippen LogP contribution in [0.4, 0.5) is 4.79 Å². The molecule has 0 spiro atoms. The van der Waals surface area contributed by atoms with Crippen LogP contribution in [0.15, 0.2) is 18.2 Å². The van der Waals surface area contributed by atoms with Crippen molar-refractivity contribution in [3.05, 3.63) is 28.8 Å². The van der Waals surface area contributed by atoms with Gasteiger partial charge in [0, 0.05) is 17.1 Å². The highest BCUT2D eigenvalue weighted by atomic mass is 35.5. The first-order valence-electron chi connectivity index (χ1n) is 6.57. The zero-order chi connectivity index (χ0) is 15.8. The number of amides is 2. The molecule has 0 aliphatic rings. The van der Waals surface area contributed by atoms with Crippen molar-refractivity contribution in [2.24, 2.45) is 0 Å². The lowest BCUT2D eigenvalue weighted by atomic mass is 10.2. The zero-order valence-corrected chi connectivity index (χ0v) is 12.7. The van der Waals surface area contributed by atoms with Gasteiger partial charge in [0.05, 0.1) is 7.11 Å². The van der Waals surface area contributed by atoms with Crippen molar-refractivity contribution in [3.63, 3.8) is 0 Å². The molecule has 0 radical (unpaired) electrons. The lowest BCUT2D eigenvalue weighted by Gasteiger charge is -2.15. The van der Waals surface area contributed by atoms with E-state index in [1.54, 1.807) is 18.2 Å². The van der Waals surface area contributed by atoms with E-state index in [0.29, 0.717) is 29.2 Å². The average molecular weight is 315 g/mol. The quantitative estimate of drug-likeness (QED) is 0.721. The SMILES string of the molecule is CCCC(NC(=O)NCc1cc(Cl)ccc1OC)C(=O)O. The number of carboxylic acids is 1. The minimum atomic E-state index is -1.05. The number of halogens is 1. The maximum atomic E-state index is 11.7. The molecule has 0 aromatic heterocycles. The summed E-state index contributed by atoms with van der Waals surface area (Å²) in [6.45, 7) is 2.04. The Morgan fingerprint density at radius 3 is 2.71 bits per heavy atom. The van der Waals surface area contributed by atoms with E-state index in [0.717, 1.165) is 0 Å². The van der Waals surface area contributed by atoms with E-state index < -0.39 is 18.0 Å². The van der Waals surface area contributed by atoms with Crippen molar-refractivity contribution >= 4 is 23.6 Å². The summed E-state index contributed by atoms with van der Waals surface area (Å²) < 4.78 is 5.17. The number of aliphatic carboxylic acids is 1. The van der Waals surface area contributed by atoms with Gasteiger partial charge in [-0.2, -0.15) is 0 Å². The number of urea groups is 1. The topological polar surface area (TPSA) is 87.7 Å². The van der Waals surface area contributed by atoms with Gasteiger partial charge in [0.2, 0.25) is 0 Å². The normalized spacial score (nSPS) is 11.6. The van der Waals surface area contributed by atoms with Crippen molar-refractivity contribution in [2.45, 2.75) is 32.4 Å². The summed E-state index contributed by atoms with van der Waals surface area (Å²) in [4.78, 5) is 22.7. The number of hydrogen-bond donors (Lipinski definition) is 3. The molecule has 0 aliphatic heterocycles. The summed E-state index contributed by atoms with van der Waals surface area (Å²) >= 11 is 5.89. The second kappa shape index (κ2) is 8.36. The summed E-state index contributed by atoms with van der Waals surface area (Å²) in [5.74, 6) is -0.449. The van der Waals surface area contributed by atoms with Crippen LogP contribution in [-0.2, 0) is 11.3 Å². The van der Waals surface area contributed by atoms with Crippen LogP contribution in [0.3, 0.4) is 0 Å². The summed E-state index contributed by atoms with van der Waals surface area (Å²) in [5, 5.41) is 14.5. The fourth-order valence-electron chi connectivity index (χ4n) is 1.82. The standard InChI is InChI=1S/C14H19ClN2O4/c1-3-4-11(13(18)19)17-14(20)16-8-9-7-10(15)5-6-12(9)21-2/h5-7,11H,3-4,8H2,1-2H3,(H,18,19)(H2,16,17,20). The number of carbonyl (C=O) groups is 2. The fraction of sp³-hybridized carbons (Fsp3) is 0.429. The molecule has 2 amide bonds. The first-order chi connectivity index (χ1) is 9.97. The second-order valence-corrected chi connectivity index (χ2v) is 4.90. The molecular weight excluding hydrogens is 296 g/mol. The highest BCUT2D eigenvalue weighted by molar-refractivity contribution is 6.30. The van der Waals surface area contributed by atoms with Gasteiger partial charge < -0.3 is 20.5 Å². The van der Waals surface area contributed by atoms with Crippen molar-refractivity contribution in [1.82, 2.24) is 10.6 Å². The number of rotatable bonds is 7. The third-order valence-corrected chi connectivity index (χ3v) is 3.10. The second-order valence-electron chi connectivity index (χ2n) is 4.46. The van der Waals surface area contributed by atoms with Crippen LogP contribution in [0.5, 0.6) is 5.75 Å². The van der Waals surface area contributed by atoms with E-state index in [2.05, 4.69) is 10.6 Å². The van der Waals surface area contributed by atoms with E-state index in [1.807, 2.05) is 6.92 Å². The van der Waals surface area contributed by atoms with Crippen LogP contribution in [0.1, 0.15) is 25.3 Å². The van der Waals surface area contributed by atoms with E-state index in [4.69, 9.17) is 21.4 Å². The number of methoxy groups -OCH3 is 1. The van der Waals surface area contributed by atoms with Gasteiger partial charge >= 0.3 is 12.0 Å². The van der Waals surface area contributed by atoms with Crippen LogP contribution in [0, 0.1) is 0 Å². The molecule has 1 aromatic carbocycles. The molecular formula is C14H19ClN2O4. The Kier molecular flexibility index (Phi) is 6.81. The van der Waals surface area contributed by atoms with Crippen LogP contribution in [-0.4, -0.2) is 30.3 Å². The summed E-state index contributed by atoms with van der Waals surface area (Å²) in [7, 11) is 1.52. The van der Waals surface area contributed by atoms with E-state index in [-0.39, 0.29) is 6.54 Å². The molecule has 6 nitrogen and oxygen atoms in total. The molecule has 0 heterocycles. The highest BCUT2D eigenvalue weighted by Gasteiger charge is 2.18. The van der Waals surface area contributed by atoms with Crippen molar-refractivity contribution in [1.29, 1.82) is 0 Å². The van der Waals surface area contributed by atoms with Crippen molar-refractivity contribution in [2.75, 3.05) is 7.11 Å². The van der Waals surface area contributed by atoms with Gasteiger partial charge in [0.15, 0.2) is 0 Å². The molecule has 3 N–H and O–H groups in total. The largest absolute Gasteiger partial charge is 0.496 e. The van der Waals surface area contributed by atoms with E-state index in [9.17, 15) is 9.59 Å². The fourth-order valence-corrected chi connectivity index (χ4v) is 2.01. The van der Waals surface area contributed by atoms with Gasteiger partial charge in [0.25, 0.3) is 0 Å². The van der Waals surface area contributed by atoms with Gasteiger partial charge in [-0.25, -0.2) is 9.59 Å². The number of carboxylic acid groups (broad SMARTS) is 1. The molecule has 0 bridgehead atoms. The van der Waals surface area contributed by atoms with Gasteiger partial charge in [0.1, 0.15) is 11.8 Å². The third-order valence-electron chi connectivity index (χ3n) is 2.86. The molecule has 21 heavy (non-hydrogen) atoms. The number of benzene rings is 1. The van der Waals surface area contributed by atoms with Gasteiger partial charge in [-0.1, -0.05) is 24.9 Å². The Morgan fingerprint density at radius 2 is 2.14 bits per heavy atom. The van der Waals surface area contributed by atoms with Crippen LogP contribution < -0.4 is 15.4 Å². The van der Waals surface area contributed by atoms with Crippen LogP contribution in [0.2, 0.25) is 5.02 Å². The third kappa shape index (κ3) is 5.51. The molecule has 116 valence electrons. The maximum absolute atomic E-state index is 11.7. The maximum Gasteiger partial charge on any atom is 0.326 e. The predicted octanol–water partition coefficient (Wildman–Crippen LogP) is 2.40. The predicted molar refractivity (Wildman–Crippen MR) is 79.7 cm³/mol. The van der Waals surface area contributed by atoms with E-state index >= 15 is 0 Å². The first-order valence-corrected chi connectivity index (χ1v) is 6.95. The van der Waals surface area contributed by atoms with Gasteiger partial charge in [-0.05, 0) is 24.6 Å². The number of nitrogens with one attached hydrogen (secondary N) is 2. The lowest BCUT2D eigenvalue weighted by molar-refractivity contribution is -0.139. The number of ether oxygens (including phenoxy) is 1. The van der Waals surface area contributed by atoms with Crippen LogP contribution >= 0.6 is 11.6 Å². The molecule has 0 aliphatic carbocycles. The summed E-state index contributed by atoms with van der Waals surface area (Å²) in [5.41, 5.74) is 0.711. The molecule has 1 aromatic rings. The molecule has 1 unspecified atom stereocenters. The lowest BCUT2D eigenvalue weighted by Crippen LogP contribution is -2.45. The minimum Gasteiger partial charge on any atom is -0.496 e. The molecule has 1 rings (SSSR count). The van der Waals surface area contributed by atoms with Crippen molar-refractivity contribution < 1.29 is 19.4 Å². The Balaban J connectivity index is 2.60. The molecule has 7 heteroatoms. The Morgan fingerprint density at radius 1 is 1.43 bits per heavy atom. The van der Waals surface area contributed by atoms with Gasteiger partial charge in [-0.3, -0.25) is 0 Å². The first kappa shape index (κ1) is 17.1. The summed E-state index contributed by atoms with van der Waals surface area (Å²) in [6, 6.07) is 3.63. The number of carbonyl (C=O) groups excluding carboxylic acids is 1. The Labute approximate surface area is 128 Å². The smallest absolute Gasteiger partial charge is 0.326 e. The molecule has 0 saturated heterocycles. The minimum absolute atomic E-state index is 0.189. The molecule has 1 atom stereocenters. The average Bonchev–Trinajstić information content (AvgIpc) is 2.44. The number of hydrogen-bond acceptors (Lipinski definition) is 3. The van der Waals surface area contributed by atoms with Gasteiger partial charge in [-0.15, -0.1) is 0 Å².